The van der Waals surface area contributed by atoms with Crippen LogP contribution in [0.25, 0.3) is 0 Å². The van der Waals surface area contributed by atoms with Crippen LogP contribution >= 0.6 is 11.8 Å². The van der Waals surface area contributed by atoms with Crippen molar-refractivity contribution in [3.8, 4) is 5.88 Å². The van der Waals surface area contributed by atoms with E-state index in [-0.39, 0.29) is 11.5 Å². The lowest BCUT2D eigenvalue weighted by atomic mass is 10.2. The van der Waals surface area contributed by atoms with Gasteiger partial charge >= 0.3 is 5.69 Å². The molecule has 1 fully saturated rings. The molecular weight excluding hydrogens is 266 g/mol. The van der Waals surface area contributed by atoms with Gasteiger partial charge in [0, 0.05) is 23.9 Å². The Labute approximate surface area is 116 Å². The normalized spacial score (nSPS) is 18.9. The fourth-order valence-corrected chi connectivity index (χ4v) is 3.24. The molecule has 1 unspecified atom stereocenters. The van der Waals surface area contributed by atoms with Gasteiger partial charge in [-0.05, 0) is 18.6 Å². The molecule has 0 aromatic carbocycles. The second-order valence-electron chi connectivity index (χ2n) is 4.35. The Hall–Kier alpha value is -1.50. The summed E-state index contributed by atoms with van der Waals surface area (Å²) in [5, 5.41) is 14.5. The maximum atomic E-state index is 11.0. The summed E-state index contributed by atoms with van der Waals surface area (Å²) in [6.45, 7) is 0.700. The molecule has 0 radical (unpaired) electrons. The molecule has 7 heteroatoms. The summed E-state index contributed by atoms with van der Waals surface area (Å²) in [4.78, 5) is 14.6. The van der Waals surface area contributed by atoms with E-state index in [0.717, 1.165) is 6.42 Å². The first-order valence-corrected chi connectivity index (χ1v) is 7.30. The van der Waals surface area contributed by atoms with Gasteiger partial charge in [0.25, 0.3) is 0 Å². The first-order valence-electron chi connectivity index (χ1n) is 6.25. The van der Waals surface area contributed by atoms with Gasteiger partial charge in [-0.1, -0.05) is 6.42 Å². The molecule has 2 rings (SSSR count). The third-order valence-electron chi connectivity index (χ3n) is 3.03. The predicted octanol–water partition coefficient (Wildman–Crippen LogP) is 2.70. The number of hydrogen-bond donors (Lipinski definition) is 1. The molecule has 1 atom stereocenters. The number of rotatable bonds is 5. The number of thioether (sulfide) groups is 1. The lowest BCUT2D eigenvalue weighted by molar-refractivity contribution is -0.384. The van der Waals surface area contributed by atoms with E-state index in [1.807, 2.05) is 11.8 Å². The van der Waals surface area contributed by atoms with Gasteiger partial charge in [-0.25, -0.2) is 0 Å². The molecule has 1 aliphatic heterocycles. The van der Waals surface area contributed by atoms with Crippen molar-refractivity contribution < 1.29 is 9.66 Å². The average Bonchev–Trinajstić information content (AvgIpc) is 2.45. The van der Waals surface area contributed by atoms with Crippen molar-refractivity contribution in [2.45, 2.75) is 24.5 Å². The van der Waals surface area contributed by atoms with E-state index < -0.39 is 4.92 Å². The zero-order chi connectivity index (χ0) is 13.7. The third kappa shape index (κ3) is 3.73. The number of ether oxygens (including phenoxy) is 1. The Balaban J connectivity index is 2.06. The summed E-state index contributed by atoms with van der Waals surface area (Å²) >= 11 is 1.92. The summed E-state index contributed by atoms with van der Waals surface area (Å²) in [6, 6.07) is 2.92. The van der Waals surface area contributed by atoms with Gasteiger partial charge in [0.1, 0.15) is 0 Å². The van der Waals surface area contributed by atoms with E-state index in [0.29, 0.717) is 17.7 Å². The third-order valence-corrected chi connectivity index (χ3v) is 4.42. The van der Waals surface area contributed by atoms with Gasteiger partial charge in [-0.15, -0.1) is 0 Å². The van der Waals surface area contributed by atoms with Crippen LogP contribution in [-0.2, 0) is 0 Å². The Bertz CT molecular complexity index is 450. The highest BCUT2D eigenvalue weighted by Gasteiger charge is 2.19. The van der Waals surface area contributed by atoms with E-state index in [4.69, 9.17) is 4.74 Å². The van der Waals surface area contributed by atoms with Crippen LogP contribution < -0.4 is 10.1 Å². The summed E-state index contributed by atoms with van der Waals surface area (Å²) in [5.41, 5.74) is -0.0124. The van der Waals surface area contributed by atoms with Crippen molar-refractivity contribution in [2.75, 3.05) is 24.7 Å². The van der Waals surface area contributed by atoms with Crippen molar-refractivity contribution >= 4 is 23.3 Å². The first kappa shape index (κ1) is 13.9. The highest BCUT2D eigenvalue weighted by Crippen LogP contribution is 2.28. The van der Waals surface area contributed by atoms with Gasteiger partial charge in [-0.3, -0.25) is 10.1 Å². The van der Waals surface area contributed by atoms with Gasteiger partial charge < -0.3 is 10.1 Å². The van der Waals surface area contributed by atoms with E-state index in [9.17, 15) is 10.1 Å². The lowest BCUT2D eigenvalue weighted by Crippen LogP contribution is -2.21. The minimum Gasteiger partial charge on any atom is -0.481 e. The van der Waals surface area contributed by atoms with Crippen LogP contribution in [0.2, 0.25) is 0 Å². The van der Waals surface area contributed by atoms with Crippen LogP contribution in [-0.4, -0.2) is 34.6 Å². The largest absolute Gasteiger partial charge is 0.481 e. The molecule has 1 aromatic rings. The molecule has 1 aromatic heterocycles. The first-order chi connectivity index (χ1) is 9.20. The van der Waals surface area contributed by atoms with Crippen LogP contribution in [0.3, 0.4) is 0 Å². The van der Waals surface area contributed by atoms with Crippen LogP contribution in [0.5, 0.6) is 5.88 Å². The maximum absolute atomic E-state index is 11.0. The molecule has 6 nitrogen and oxygen atoms in total. The second kappa shape index (κ2) is 6.60. The van der Waals surface area contributed by atoms with Gasteiger partial charge in [-0.2, -0.15) is 16.7 Å². The summed E-state index contributed by atoms with van der Waals surface area (Å²) in [5.74, 6) is 1.83. The Morgan fingerprint density at radius 2 is 2.42 bits per heavy atom. The van der Waals surface area contributed by atoms with Crippen molar-refractivity contribution in [1.82, 2.24) is 4.98 Å². The van der Waals surface area contributed by atoms with Crippen LogP contribution in [0.4, 0.5) is 11.5 Å². The van der Waals surface area contributed by atoms with Gasteiger partial charge in [0.05, 0.1) is 12.0 Å². The molecule has 0 bridgehead atoms. The number of nitro groups is 1. The fraction of sp³-hybridized carbons (Fsp3) is 0.583. The Morgan fingerprint density at radius 1 is 1.58 bits per heavy atom. The molecule has 1 N–H and O–H groups in total. The molecule has 1 saturated heterocycles. The molecule has 0 spiro atoms. The van der Waals surface area contributed by atoms with Crippen molar-refractivity contribution in [1.29, 1.82) is 0 Å². The second-order valence-corrected chi connectivity index (χ2v) is 5.76. The van der Waals surface area contributed by atoms with Crippen LogP contribution in [0.1, 0.15) is 19.3 Å². The summed E-state index contributed by atoms with van der Waals surface area (Å²) in [7, 11) is 1.49. The molecule has 104 valence electrons. The molecule has 0 amide bonds. The molecule has 1 aliphatic rings. The van der Waals surface area contributed by atoms with Crippen molar-refractivity contribution in [3.63, 3.8) is 0 Å². The SMILES string of the molecule is COc1ccc([N+](=O)[O-])c(NCC2CCCCS2)n1. The fourth-order valence-electron chi connectivity index (χ4n) is 2.00. The number of pyridine rings is 1. The number of nitrogens with one attached hydrogen (secondary N) is 1. The highest BCUT2D eigenvalue weighted by molar-refractivity contribution is 7.99. The average molecular weight is 283 g/mol. The predicted molar refractivity (Wildman–Crippen MR) is 76.0 cm³/mol. The zero-order valence-electron chi connectivity index (χ0n) is 10.8. The van der Waals surface area contributed by atoms with Gasteiger partial charge in [0.2, 0.25) is 11.7 Å². The number of nitrogens with zero attached hydrogens (tertiary/aromatic N) is 2. The maximum Gasteiger partial charge on any atom is 0.311 e. The van der Waals surface area contributed by atoms with E-state index >= 15 is 0 Å². The van der Waals surface area contributed by atoms with E-state index in [1.54, 1.807) is 0 Å². The number of aromatic nitrogens is 1. The van der Waals surface area contributed by atoms with Crippen LogP contribution in [0, 0.1) is 10.1 Å². The van der Waals surface area contributed by atoms with Crippen molar-refractivity contribution in [2.24, 2.45) is 0 Å². The van der Waals surface area contributed by atoms with Crippen molar-refractivity contribution in [3.05, 3.63) is 22.2 Å². The number of hydrogen-bond acceptors (Lipinski definition) is 6. The quantitative estimate of drug-likeness (QED) is 0.661. The van der Waals surface area contributed by atoms with E-state index in [1.165, 1.54) is 37.8 Å². The minimum absolute atomic E-state index is 0.0124. The molecular formula is C12H17N3O3S. The monoisotopic (exact) mass is 283 g/mol. The summed E-state index contributed by atoms with van der Waals surface area (Å²) < 4.78 is 5.00. The lowest BCUT2D eigenvalue weighted by Gasteiger charge is -2.21. The highest BCUT2D eigenvalue weighted by atomic mass is 32.2. The minimum atomic E-state index is -0.428. The molecule has 19 heavy (non-hydrogen) atoms. The number of methoxy groups -OCH3 is 1. The molecule has 0 aliphatic carbocycles. The number of anilines is 1. The standard InChI is InChI=1S/C12H17N3O3S/c1-18-11-6-5-10(15(16)17)12(14-11)13-8-9-4-2-3-7-19-9/h5-6,9H,2-4,7-8H2,1H3,(H,13,14). The Morgan fingerprint density at radius 3 is 3.05 bits per heavy atom. The van der Waals surface area contributed by atoms with Gasteiger partial charge in [0.15, 0.2) is 0 Å². The zero-order valence-corrected chi connectivity index (χ0v) is 11.6. The molecule has 2 heterocycles. The topological polar surface area (TPSA) is 77.3 Å². The molecule has 0 saturated carbocycles. The van der Waals surface area contributed by atoms with Crippen LogP contribution in [0.15, 0.2) is 12.1 Å². The Kier molecular flexibility index (Phi) is 4.84. The van der Waals surface area contributed by atoms with E-state index in [2.05, 4.69) is 10.3 Å². The summed E-state index contributed by atoms with van der Waals surface area (Å²) in [6.07, 6.45) is 3.64. The smallest absolute Gasteiger partial charge is 0.311 e.